The number of pyridine rings is 1. The topological polar surface area (TPSA) is 125 Å². The standard InChI is InChI=1S/C45H56N8O3/c1-6-41-39(42(50-38-14-16-56-17-15-38)40-25-48-53(7-2)43(40)51-41)24-47-45(55)36-13-9-12-35(22-36)44(54)46-23-33-18-29(3)19-37(21-33)34-11-8-10-32(20-34)28-52-26-30(4)49-31(5)27-52/h8-13,18-22,25,30-31,38,49H,6-7,14-17,23-24,26-28H2,1-5H3,(H,46,54)(H,47,55)(H,50,51)/t30-,31+. The van der Waals surface area contributed by atoms with E-state index in [9.17, 15) is 9.59 Å². The third kappa shape index (κ3) is 9.29. The minimum absolute atomic E-state index is 0.233. The minimum atomic E-state index is -0.255. The second kappa shape index (κ2) is 17.8. The Bertz CT molecular complexity index is 2160. The molecule has 0 unspecified atom stereocenters. The first-order valence-electron chi connectivity index (χ1n) is 20.2. The highest BCUT2D eigenvalue weighted by Crippen LogP contribution is 2.31. The van der Waals surface area contributed by atoms with Crippen molar-refractivity contribution in [3.63, 3.8) is 0 Å². The fourth-order valence-corrected chi connectivity index (χ4v) is 8.27. The summed E-state index contributed by atoms with van der Waals surface area (Å²) >= 11 is 0. The number of hydrogen-bond donors (Lipinski definition) is 4. The SMILES string of the molecule is CCc1nc2c(cnn2CC)c(NC2CCOCC2)c1CNC(=O)c1cccc(C(=O)NCc2cc(C)cc(-c3cccc(CN4C[C@@H](C)N[C@@H](C)C4)c3)c2)c1. The third-order valence-corrected chi connectivity index (χ3v) is 10.9. The van der Waals surface area contributed by atoms with E-state index in [4.69, 9.17) is 9.72 Å². The lowest BCUT2D eigenvalue weighted by atomic mass is 9.98. The normalized spacial score (nSPS) is 17.9. The van der Waals surface area contributed by atoms with Crippen LogP contribution in [-0.2, 0) is 37.3 Å². The van der Waals surface area contributed by atoms with Gasteiger partial charge in [0.05, 0.1) is 17.3 Å². The number of hydrogen-bond acceptors (Lipinski definition) is 8. The third-order valence-electron chi connectivity index (χ3n) is 10.9. The molecule has 4 heterocycles. The van der Waals surface area contributed by atoms with E-state index in [1.807, 2.05) is 10.9 Å². The van der Waals surface area contributed by atoms with Gasteiger partial charge in [0, 0.05) is 93.0 Å². The number of amides is 2. The molecule has 2 amide bonds. The highest BCUT2D eigenvalue weighted by Gasteiger charge is 2.23. The Morgan fingerprint density at radius 1 is 0.857 bits per heavy atom. The van der Waals surface area contributed by atoms with Crippen molar-refractivity contribution in [1.29, 1.82) is 0 Å². The molecule has 2 aliphatic heterocycles. The molecule has 2 saturated heterocycles. The molecule has 11 heteroatoms. The maximum Gasteiger partial charge on any atom is 0.251 e. The first-order chi connectivity index (χ1) is 27.2. The van der Waals surface area contributed by atoms with Crippen LogP contribution in [0.15, 0.2) is 72.9 Å². The van der Waals surface area contributed by atoms with E-state index in [1.165, 1.54) is 5.56 Å². The molecule has 0 bridgehead atoms. The summed E-state index contributed by atoms with van der Waals surface area (Å²) in [6.45, 7) is 16.5. The van der Waals surface area contributed by atoms with Crippen molar-refractivity contribution in [3.05, 3.63) is 112 Å². The summed E-state index contributed by atoms with van der Waals surface area (Å²) in [5, 5.41) is 19.1. The summed E-state index contributed by atoms with van der Waals surface area (Å²) in [5.41, 5.74) is 10.3. The van der Waals surface area contributed by atoms with Crippen LogP contribution in [0.3, 0.4) is 0 Å². The minimum Gasteiger partial charge on any atom is -0.381 e. The van der Waals surface area contributed by atoms with Crippen molar-refractivity contribution in [2.75, 3.05) is 31.6 Å². The maximum atomic E-state index is 13.6. The number of aromatic nitrogens is 3. The lowest BCUT2D eigenvalue weighted by molar-refractivity contribution is 0.0904. The summed E-state index contributed by atoms with van der Waals surface area (Å²) in [6.07, 6.45) is 4.39. The summed E-state index contributed by atoms with van der Waals surface area (Å²) in [6, 6.07) is 23.3. The highest BCUT2D eigenvalue weighted by molar-refractivity contribution is 6.00. The number of anilines is 1. The first-order valence-corrected chi connectivity index (χ1v) is 20.2. The van der Waals surface area contributed by atoms with Gasteiger partial charge < -0.3 is 26.0 Å². The predicted molar refractivity (Wildman–Crippen MR) is 223 cm³/mol. The molecule has 0 saturated carbocycles. The number of fused-ring (bicyclic) bond motifs is 1. The molecule has 2 atom stereocenters. The second-order valence-electron chi connectivity index (χ2n) is 15.5. The van der Waals surface area contributed by atoms with Gasteiger partial charge in [-0.25, -0.2) is 9.67 Å². The number of carbonyl (C=O) groups is 2. The zero-order valence-corrected chi connectivity index (χ0v) is 33.5. The van der Waals surface area contributed by atoms with Gasteiger partial charge in [0.15, 0.2) is 5.65 Å². The Hall–Kier alpha value is -5.10. The molecule has 4 N–H and O–H groups in total. The number of piperazine rings is 1. The Kier molecular flexibility index (Phi) is 12.4. The molecule has 0 radical (unpaired) electrons. The number of rotatable bonds is 13. The number of benzene rings is 3. The molecule has 3 aromatic carbocycles. The van der Waals surface area contributed by atoms with Gasteiger partial charge in [0.2, 0.25) is 0 Å². The lowest BCUT2D eigenvalue weighted by Gasteiger charge is -2.36. The van der Waals surface area contributed by atoms with Crippen LogP contribution in [0.2, 0.25) is 0 Å². The first kappa shape index (κ1) is 39.1. The Morgan fingerprint density at radius 2 is 1.55 bits per heavy atom. The molecular weight excluding hydrogens is 701 g/mol. The molecule has 2 aromatic heterocycles. The van der Waals surface area contributed by atoms with Crippen molar-refractivity contribution in [2.45, 2.75) is 98.2 Å². The van der Waals surface area contributed by atoms with Crippen LogP contribution in [-0.4, -0.2) is 75.9 Å². The van der Waals surface area contributed by atoms with Gasteiger partial charge in [-0.2, -0.15) is 5.10 Å². The van der Waals surface area contributed by atoms with E-state index in [2.05, 4.69) is 108 Å². The zero-order chi connectivity index (χ0) is 39.2. The lowest BCUT2D eigenvalue weighted by Crippen LogP contribution is -2.53. The van der Waals surface area contributed by atoms with Crippen molar-refractivity contribution >= 4 is 28.5 Å². The molecule has 7 rings (SSSR count). The summed E-state index contributed by atoms with van der Waals surface area (Å²) in [5.74, 6) is -0.488. The van der Waals surface area contributed by atoms with Gasteiger partial charge in [-0.1, -0.05) is 48.9 Å². The fourth-order valence-electron chi connectivity index (χ4n) is 8.27. The second-order valence-corrected chi connectivity index (χ2v) is 15.5. The van der Waals surface area contributed by atoms with E-state index >= 15 is 0 Å². The van der Waals surface area contributed by atoms with Crippen molar-refractivity contribution in [3.8, 4) is 11.1 Å². The highest BCUT2D eigenvalue weighted by atomic mass is 16.5. The number of ether oxygens (including phenoxy) is 1. The Morgan fingerprint density at radius 3 is 2.27 bits per heavy atom. The van der Waals surface area contributed by atoms with Crippen LogP contribution < -0.4 is 21.3 Å². The van der Waals surface area contributed by atoms with E-state index in [0.29, 0.717) is 55.9 Å². The van der Waals surface area contributed by atoms with Crippen LogP contribution in [0.25, 0.3) is 22.2 Å². The van der Waals surface area contributed by atoms with Gasteiger partial charge in [-0.05, 0) is 99.5 Å². The van der Waals surface area contributed by atoms with Gasteiger partial charge in [0.1, 0.15) is 0 Å². The number of carbonyl (C=O) groups excluding carboxylic acids is 2. The summed E-state index contributed by atoms with van der Waals surface area (Å²) < 4.78 is 7.52. The van der Waals surface area contributed by atoms with Crippen molar-refractivity contribution < 1.29 is 14.3 Å². The van der Waals surface area contributed by atoms with Crippen molar-refractivity contribution in [2.24, 2.45) is 0 Å². The fraction of sp³-hybridized carbons (Fsp3) is 0.422. The van der Waals surface area contributed by atoms with E-state index in [0.717, 1.165) is 82.7 Å². The molecule has 56 heavy (non-hydrogen) atoms. The molecule has 11 nitrogen and oxygen atoms in total. The van der Waals surface area contributed by atoms with Crippen LogP contribution in [0.5, 0.6) is 0 Å². The van der Waals surface area contributed by atoms with E-state index < -0.39 is 0 Å². The summed E-state index contributed by atoms with van der Waals surface area (Å²) in [4.78, 5) is 34.6. The average Bonchev–Trinajstić information content (AvgIpc) is 3.62. The molecule has 294 valence electrons. The van der Waals surface area contributed by atoms with E-state index in [-0.39, 0.29) is 24.4 Å². The number of aryl methyl sites for hydroxylation is 3. The Balaban J connectivity index is 1.02. The molecule has 5 aromatic rings. The van der Waals surface area contributed by atoms with Gasteiger partial charge >= 0.3 is 0 Å². The molecule has 2 fully saturated rings. The van der Waals surface area contributed by atoms with Crippen LogP contribution in [0, 0.1) is 6.92 Å². The smallest absolute Gasteiger partial charge is 0.251 e. The number of nitrogens with zero attached hydrogens (tertiary/aromatic N) is 4. The maximum absolute atomic E-state index is 13.6. The van der Waals surface area contributed by atoms with Crippen LogP contribution in [0.1, 0.15) is 89.2 Å². The van der Waals surface area contributed by atoms with E-state index in [1.54, 1.807) is 24.3 Å². The van der Waals surface area contributed by atoms with Crippen molar-refractivity contribution in [1.82, 2.24) is 35.6 Å². The average molecular weight is 757 g/mol. The quantitative estimate of drug-likeness (QED) is 0.106. The van der Waals surface area contributed by atoms with Crippen LogP contribution >= 0.6 is 0 Å². The van der Waals surface area contributed by atoms with Gasteiger partial charge in [0.25, 0.3) is 11.8 Å². The van der Waals surface area contributed by atoms with Gasteiger partial charge in [-0.15, -0.1) is 0 Å². The zero-order valence-electron chi connectivity index (χ0n) is 33.5. The summed E-state index contributed by atoms with van der Waals surface area (Å²) in [7, 11) is 0. The van der Waals surface area contributed by atoms with Crippen LogP contribution in [0.4, 0.5) is 5.69 Å². The molecule has 2 aliphatic rings. The predicted octanol–water partition coefficient (Wildman–Crippen LogP) is 6.62. The largest absolute Gasteiger partial charge is 0.381 e. The molecule has 0 spiro atoms. The van der Waals surface area contributed by atoms with Gasteiger partial charge in [-0.3, -0.25) is 14.5 Å². The molecule has 0 aliphatic carbocycles. The number of nitrogens with one attached hydrogen (secondary N) is 4. The monoisotopic (exact) mass is 756 g/mol. The Labute approximate surface area is 330 Å². The molecular formula is C45H56N8O3.